The van der Waals surface area contributed by atoms with Crippen LogP contribution in [0.3, 0.4) is 0 Å². The molecule has 1 aliphatic heterocycles. The maximum atomic E-state index is 12.4. The smallest absolute Gasteiger partial charge is 0.249 e. The molecule has 1 heterocycles. The van der Waals surface area contributed by atoms with E-state index in [1.807, 2.05) is 55.5 Å². The number of amides is 2. The first-order valence-corrected chi connectivity index (χ1v) is 7.58. The molecule has 5 nitrogen and oxygen atoms in total. The average molecular weight is 309 g/mol. The van der Waals surface area contributed by atoms with Gasteiger partial charge in [-0.25, -0.2) is 0 Å². The van der Waals surface area contributed by atoms with Crippen molar-refractivity contribution in [2.45, 2.75) is 19.9 Å². The predicted molar refractivity (Wildman–Crippen MR) is 91.7 cm³/mol. The zero-order valence-electron chi connectivity index (χ0n) is 13.2. The van der Waals surface area contributed by atoms with E-state index in [-0.39, 0.29) is 24.4 Å². The summed E-state index contributed by atoms with van der Waals surface area (Å²) in [7, 11) is 0. The predicted octanol–water partition coefficient (Wildman–Crippen LogP) is 2.78. The number of hydrogen-bond acceptors (Lipinski definition) is 3. The van der Waals surface area contributed by atoms with Gasteiger partial charge >= 0.3 is 0 Å². The Labute approximate surface area is 135 Å². The summed E-state index contributed by atoms with van der Waals surface area (Å²) in [6.07, 6.45) is 0. The molecule has 2 amide bonds. The van der Waals surface area contributed by atoms with Gasteiger partial charge in [-0.1, -0.05) is 30.3 Å². The van der Waals surface area contributed by atoms with Crippen LogP contribution in [-0.4, -0.2) is 24.4 Å². The van der Waals surface area contributed by atoms with Crippen molar-refractivity contribution >= 4 is 28.9 Å². The van der Waals surface area contributed by atoms with Gasteiger partial charge in [0, 0.05) is 5.69 Å². The Balaban J connectivity index is 1.80. The van der Waals surface area contributed by atoms with E-state index in [4.69, 9.17) is 0 Å². The fraction of sp³-hybridized carbons (Fsp3) is 0.222. The van der Waals surface area contributed by atoms with Crippen molar-refractivity contribution in [1.82, 2.24) is 0 Å². The number of benzene rings is 2. The van der Waals surface area contributed by atoms with Crippen molar-refractivity contribution < 1.29 is 9.59 Å². The Kier molecular flexibility index (Phi) is 4.02. The monoisotopic (exact) mass is 309 g/mol. The van der Waals surface area contributed by atoms with Crippen LogP contribution in [-0.2, 0) is 9.59 Å². The van der Waals surface area contributed by atoms with E-state index < -0.39 is 0 Å². The lowest BCUT2D eigenvalue weighted by Gasteiger charge is -2.33. The van der Waals surface area contributed by atoms with Gasteiger partial charge in [-0.2, -0.15) is 0 Å². The fourth-order valence-electron chi connectivity index (χ4n) is 2.69. The molecule has 23 heavy (non-hydrogen) atoms. The minimum atomic E-state index is -0.351. The molecular formula is C18H19N3O2. The summed E-state index contributed by atoms with van der Waals surface area (Å²) in [5.74, 6) is -0.319. The molecule has 2 N–H and O–H groups in total. The first-order chi connectivity index (χ1) is 11.1. The third-order valence-corrected chi connectivity index (χ3v) is 3.92. The molecule has 0 bridgehead atoms. The number of hydrogen-bond donors (Lipinski definition) is 2. The van der Waals surface area contributed by atoms with Gasteiger partial charge in [0.25, 0.3) is 0 Å². The fourth-order valence-corrected chi connectivity index (χ4v) is 2.69. The van der Waals surface area contributed by atoms with Gasteiger partial charge in [0.1, 0.15) is 12.6 Å². The maximum Gasteiger partial charge on any atom is 0.249 e. The zero-order chi connectivity index (χ0) is 16.4. The van der Waals surface area contributed by atoms with Gasteiger partial charge in [0.05, 0.1) is 11.4 Å². The number of para-hydroxylation sites is 3. The molecule has 2 aromatic carbocycles. The van der Waals surface area contributed by atoms with Gasteiger partial charge in [-0.15, -0.1) is 0 Å². The first-order valence-electron chi connectivity index (χ1n) is 7.58. The van der Waals surface area contributed by atoms with Gasteiger partial charge in [0.15, 0.2) is 0 Å². The number of anilines is 3. The SMILES string of the molecule is Cc1ccccc1NC(=O)CN1C(=O)C(C)Nc2ccccc21. The molecule has 0 radical (unpaired) electrons. The van der Waals surface area contributed by atoms with E-state index in [0.717, 1.165) is 22.6 Å². The van der Waals surface area contributed by atoms with E-state index >= 15 is 0 Å². The maximum absolute atomic E-state index is 12.4. The topological polar surface area (TPSA) is 61.4 Å². The highest BCUT2D eigenvalue weighted by Gasteiger charge is 2.30. The number of nitrogens with one attached hydrogen (secondary N) is 2. The highest BCUT2D eigenvalue weighted by molar-refractivity contribution is 6.09. The molecule has 0 saturated heterocycles. The Morgan fingerprint density at radius 2 is 1.87 bits per heavy atom. The number of rotatable bonds is 3. The molecule has 1 aliphatic rings. The van der Waals surface area contributed by atoms with E-state index in [0.29, 0.717) is 0 Å². The molecule has 118 valence electrons. The van der Waals surface area contributed by atoms with E-state index in [2.05, 4.69) is 10.6 Å². The molecule has 0 saturated carbocycles. The van der Waals surface area contributed by atoms with Crippen LogP contribution in [0.5, 0.6) is 0 Å². The minimum absolute atomic E-state index is 0.00377. The molecule has 3 rings (SSSR count). The van der Waals surface area contributed by atoms with Crippen molar-refractivity contribution in [2.75, 3.05) is 22.1 Å². The van der Waals surface area contributed by atoms with Crippen LogP contribution in [0.2, 0.25) is 0 Å². The summed E-state index contributed by atoms with van der Waals surface area (Å²) in [6.45, 7) is 3.73. The normalized spacial score (nSPS) is 16.5. The van der Waals surface area contributed by atoms with Gasteiger partial charge in [-0.05, 0) is 37.6 Å². The second kappa shape index (κ2) is 6.12. The van der Waals surface area contributed by atoms with Crippen molar-refractivity contribution in [1.29, 1.82) is 0 Å². The molecule has 1 unspecified atom stereocenters. The Bertz CT molecular complexity index is 757. The van der Waals surface area contributed by atoms with Crippen molar-refractivity contribution in [3.05, 3.63) is 54.1 Å². The minimum Gasteiger partial charge on any atom is -0.372 e. The largest absolute Gasteiger partial charge is 0.372 e. The van der Waals surface area contributed by atoms with E-state index in [9.17, 15) is 9.59 Å². The summed E-state index contributed by atoms with van der Waals surface area (Å²) < 4.78 is 0. The average Bonchev–Trinajstić information content (AvgIpc) is 2.54. The molecule has 5 heteroatoms. The van der Waals surface area contributed by atoms with Crippen molar-refractivity contribution in [3.8, 4) is 0 Å². The Hall–Kier alpha value is -2.82. The van der Waals surface area contributed by atoms with Crippen LogP contribution < -0.4 is 15.5 Å². The molecule has 1 atom stereocenters. The van der Waals surface area contributed by atoms with Crippen LogP contribution in [0.15, 0.2) is 48.5 Å². The second-order valence-corrected chi connectivity index (χ2v) is 5.67. The lowest BCUT2D eigenvalue weighted by Crippen LogP contribution is -2.48. The molecule has 0 aliphatic carbocycles. The Morgan fingerprint density at radius 3 is 2.65 bits per heavy atom. The summed E-state index contributed by atoms with van der Waals surface area (Å²) >= 11 is 0. The van der Waals surface area contributed by atoms with E-state index in [1.54, 1.807) is 6.92 Å². The number of fused-ring (bicyclic) bond motifs is 1. The lowest BCUT2D eigenvalue weighted by atomic mass is 10.1. The van der Waals surface area contributed by atoms with Crippen molar-refractivity contribution in [2.24, 2.45) is 0 Å². The molecule has 2 aromatic rings. The highest BCUT2D eigenvalue weighted by atomic mass is 16.2. The van der Waals surface area contributed by atoms with Crippen LogP contribution in [0, 0.1) is 6.92 Å². The number of nitrogens with zero attached hydrogens (tertiary/aromatic N) is 1. The third kappa shape index (κ3) is 3.04. The summed E-state index contributed by atoms with van der Waals surface area (Å²) in [4.78, 5) is 26.3. The number of aryl methyl sites for hydroxylation is 1. The van der Waals surface area contributed by atoms with Crippen LogP contribution >= 0.6 is 0 Å². The zero-order valence-corrected chi connectivity index (χ0v) is 13.2. The first kappa shape index (κ1) is 15.1. The number of carbonyl (C=O) groups is 2. The molecule has 0 aromatic heterocycles. The standard InChI is InChI=1S/C18H19N3O2/c1-12-7-3-4-8-14(12)20-17(22)11-21-16-10-6-5-9-15(16)19-13(2)18(21)23/h3-10,13,19H,11H2,1-2H3,(H,20,22). The van der Waals surface area contributed by atoms with Gasteiger partial charge in [-0.3, -0.25) is 14.5 Å². The van der Waals surface area contributed by atoms with Crippen LogP contribution in [0.25, 0.3) is 0 Å². The van der Waals surface area contributed by atoms with Gasteiger partial charge < -0.3 is 10.6 Å². The highest BCUT2D eigenvalue weighted by Crippen LogP contribution is 2.30. The molecular weight excluding hydrogens is 290 g/mol. The third-order valence-electron chi connectivity index (χ3n) is 3.92. The summed E-state index contributed by atoms with van der Waals surface area (Å²) in [5, 5.41) is 6.02. The van der Waals surface area contributed by atoms with Gasteiger partial charge in [0.2, 0.25) is 11.8 Å². The second-order valence-electron chi connectivity index (χ2n) is 5.67. The molecule has 0 spiro atoms. The van der Waals surface area contributed by atoms with Crippen LogP contribution in [0.4, 0.5) is 17.1 Å². The lowest BCUT2D eigenvalue weighted by molar-refractivity contribution is -0.122. The summed E-state index contributed by atoms with van der Waals surface area (Å²) in [5.41, 5.74) is 3.35. The summed E-state index contributed by atoms with van der Waals surface area (Å²) in [6, 6.07) is 14.7. The van der Waals surface area contributed by atoms with Crippen LogP contribution in [0.1, 0.15) is 12.5 Å². The Morgan fingerprint density at radius 1 is 1.17 bits per heavy atom. The number of carbonyl (C=O) groups excluding carboxylic acids is 2. The van der Waals surface area contributed by atoms with Crippen molar-refractivity contribution in [3.63, 3.8) is 0 Å². The van der Waals surface area contributed by atoms with E-state index in [1.165, 1.54) is 4.90 Å². The quantitative estimate of drug-likeness (QED) is 0.916. The molecule has 0 fully saturated rings.